The average Bonchev–Trinajstić information content (AvgIpc) is 2.95. The van der Waals surface area contributed by atoms with Gasteiger partial charge in [0.15, 0.2) is 0 Å². The van der Waals surface area contributed by atoms with Crippen molar-refractivity contribution in [2.75, 3.05) is 10.6 Å². The van der Waals surface area contributed by atoms with Gasteiger partial charge in [0.25, 0.3) is 0 Å². The normalized spacial score (nSPS) is 10.3. The summed E-state index contributed by atoms with van der Waals surface area (Å²) in [6, 6.07) is 17.4. The molecule has 23 heavy (non-hydrogen) atoms. The summed E-state index contributed by atoms with van der Waals surface area (Å²) in [5, 5.41) is 6.40. The Balaban J connectivity index is 1.59. The van der Waals surface area contributed by atoms with Crippen LogP contribution in [0.25, 0.3) is 0 Å². The number of carbonyl (C=O) groups excluding carboxylic acids is 1. The Labute approximate surface area is 138 Å². The third kappa shape index (κ3) is 4.11. The highest BCUT2D eigenvalue weighted by Gasteiger charge is 2.06. The molecule has 2 aromatic carbocycles. The molecule has 3 rings (SSSR count). The molecule has 1 amide bonds. The van der Waals surface area contributed by atoms with Crippen molar-refractivity contribution in [3.05, 3.63) is 72.3 Å². The van der Waals surface area contributed by atoms with Crippen LogP contribution in [0.15, 0.2) is 67.0 Å². The Bertz CT molecular complexity index is 784. The Hall–Kier alpha value is -2.79. The summed E-state index contributed by atoms with van der Waals surface area (Å²) in [5.41, 5.74) is 2.69. The van der Waals surface area contributed by atoms with Gasteiger partial charge in [0.1, 0.15) is 6.54 Å². The van der Waals surface area contributed by atoms with Crippen LogP contribution >= 0.6 is 11.6 Å². The SMILES string of the molecule is O=C(Cn1ccnc1Cl)Nc1ccc(Nc2ccccc2)cc1. The second kappa shape index (κ2) is 6.98. The Morgan fingerprint density at radius 3 is 2.30 bits per heavy atom. The number of aromatic nitrogens is 2. The number of imidazole rings is 1. The lowest BCUT2D eigenvalue weighted by atomic mass is 10.2. The van der Waals surface area contributed by atoms with Gasteiger partial charge in [-0.25, -0.2) is 4.98 Å². The van der Waals surface area contributed by atoms with E-state index in [1.807, 2.05) is 54.6 Å². The van der Waals surface area contributed by atoms with Gasteiger partial charge < -0.3 is 15.2 Å². The van der Waals surface area contributed by atoms with Crippen LogP contribution in [0.1, 0.15) is 0 Å². The zero-order chi connectivity index (χ0) is 16.1. The zero-order valence-electron chi connectivity index (χ0n) is 12.2. The predicted octanol–water partition coefficient (Wildman–Crippen LogP) is 3.92. The molecule has 2 N–H and O–H groups in total. The van der Waals surface area contributed by atoms with E-state index in [0.717, 1.165) is 17.1 Å². The lowest BCUT2D eigenvalue weighted by Gasteiger charge is -2.09. The van der Waals surface area contributed by atoms with Crippen molar-refractivity contribution in [3.8, 4) is 0 Å². The molecule has 0 bridgehead atoms. The van der Waals surface area contributed by atoms with Gasteiger partial charge in [0.05, 0.1) is 0 Å². The number of anilines is 3. The molecule has 0 radical (unpaired) electrons. The van der Waals surface area contributed by atoms with Gasteiger partial charge in [-0.15, -0.1) is 0 Å². The fraction of sp³-hybridized carbons (Fsp3) is 0.0588. The van der Waals surface area contributed by atoms with Crippen molar-refractivity contribution in [1.82, 2.24) is 9.55 Å². The maximum atomic E-state index is 12.0. The van der Waals surface area contributed by atoms with Crippen LogP contribution in [0.4, 0.5) is 17.1 Å². The molecular formula is C17H15ClN4O. The lowest BCUT2D eigenvalue weighted by Crippen LogP contribution is -2.18. The van der Waals surface area contributed by atoms with E-state index in [4.69, 9.17) is 11.6 Å². The Morgan fingerprint density at radius 1 is 1.00 bits per heavy atom. The summed E-state index contributed by atoms with van der Waals surface area (Å²) in [6.07, 6.45) is 3.22. The fourth-order valence-electron chi connectivity index (χ4n) is 2.11. The van der Waals surface area contributed by atoms with Crippen molar-refractivity contribution in [2.45, 2.75) is 6.54 Å². The van der Waals surface area contributed by atoms with Gasteiger partial charge in [0.2, 0.25) is 11.2 Å². The molecule has 3 aromatic rings. The summed E-state index contributed by atoms with van der Waals surface area (Å²) >= 11 is 5.85. The van der Waals surface area contributed by atoms with Gasteiger partial charge >= 0.3 is 0 Å². The first-order chi connectivity index (χ1) is 11.2. The lowest BCUT2D eigenvalue weighted by molar-refractivity contribution is -0.116. The van der Waals surface area contributed by atoms with E-state index >= 15 is 0 Å². The van der Waals surface area contributed by atoms with Gasteiger partial charge in [0, 0.05) is 29.5 Å². The van der Waals surface area contributed by atoms with E-state index in [0.29, 0.717) is 5.28 Å². The van der Waals surface area contributed by atoms with E-state index in [-0.39, 0.29) is 12.5 Å². The predicted molar refractivity (Wildman–Crippen MR) is 92.0 cm³/mol. The van der Waals surface area contributed by atoms with E-state index < -0.39 is 0 Å². The van der Waals surface area contributed by atoms with Crippen LogP contribution in [-0.4, -0.2) is 15.5 Å². The van der Waals surface area contributed by atoms with Crippen molar-refractivity contribution in [1.29, 1.82) is 0 Å². The van der Waals surface area contributed by atoms with Gasteiger partial charge in [-0.05, 0) is 48.0 Å². The monoisotopic (exact) mass is 326 g/mol. The topological polar surface area (TPSA) is 59.0 Å². The average molecular weight is 327 g/mol. The highest BCUT2D eigenvalue weighted by Crippen LogP contribution is 2.18. The maximum absolute atomic E-state index is 12.0. The van der Waals surface area contributed by atoms with Crippen LogP contribution in [0.2, 0.25) is 5.28 Å². The summed E-state index contributed by atoms with van der Waals surface area (Å²) in [7, 11) is 0. The van der Waals surface area contributed by atoms with E-state index in [2.05, 4.69) is 15.6 Å². The van der Waals surface area contributed by atoms with E-state index in [1.165, 1.54) is 0 Å². The number of amides is 1. The first kappa shape index (κ1) is 15.1. The standard InChI is InChI=1S/C17H15ClN4O/c18-17-19-10-11-22(17)12-16(23)21-15-8-6-14(7-9-15)20-13-4-2-1-3-5-13/h1-11,20H,12H2,(H,21,23). The maximum Gasteiger partial charge on any atom is 0.244 e. The Kier molecular flexibility index (Phi) is 4.59. The smallest absolute Gasteiger partial charge is 0.244 e. The van der Waals surface area contributed by atoms with Gasteiger partial charge in [-0.1, -0.05) is 18.2 Å². The minimum absolute atomic E-state index is 0.128. The van der Waals surface area contributed by atoms with Crippen molar-refractivity contribution in [3.63, 3.8) is 0 Å². The molecule has 0 fully saturated rings. The Morgan fingerprint density at radius 2 is 1.65 bits per heavy atom. The molecule has 0 saturated heterocycles. The number of nitrogens with zero attached hydrogens (tertiary/aromatic N) is 2. The highest BCUT2D eigenvalue weighted by molar-refractivity contribution is 6.28. The van der Waals surface area contributed by atoms with Crippen LogP contribution in [0.5, 0.6) is 0 Å². The van der Waals surface area contributed by atoms with Gasteiger partial charge in [-0.2, -0.15) is 0 Å². The molecule has 1 aromatic heterocycles. The summed E-state index contributed by atoms with van der Waals surface area (Å²) in [5.74, 6) is -0.159. The first-order valence-corrected chi connectivity index (χ1v) is 7.47. The number of rotatable bonds is 5. The zero-order valence-corrected chi connectivity index (χ0v) is 13.0. The molecule has 0 saturated carbocycles. The van der Waals surface area contributed by atoms with E-state index in [9.17, 15) is 4.79 Å². The number of halogens is 1. The fourth-order valence-corrected chi connectivity index (χ4v) is 2.28. The molecule has 6 heteroatoms. The largest absolute Gasteiger partial charge is 0.356 e. The van der Waals surface area contributed by atoms with Crippen molar-refractivity contribution in [2.24, 2.45) is 0 Å². The molecule has 0 spiro atoms. The number of nitrogens with one attached hydrogen (secondary N) is 2. The van der Waals surface area contributed by atoms with Crippen molar-refractivity contribution < 1.29 is 4.79 Å². The van der Waals surface area contributed by atoms with Crippen LogP contribution < -0.4 is 10.6 Å². The van der Waals surface area contributed by atoms with E-state index in [1.54, 1.807) is 17.0 Å². The first-order valence-electron chi connectivity index (χ1n) is 7.09. The third-order valence-electron chi connectivity index (χ3n) is 3.21. The quantitative estimate of drug-likeness (QED) is 0.747. The van der Waals surface area contributed by atoms with Crippen molar-refractivity contribution >= 4 is 34.6 Å². The molecule has 0 unspecified atom stereocenters. The molecule has 0 aliphatic carbocycles. The molecule has 0 aliphatic heterocycles. The molecule has 116 valence electrons. The third-order valence-corrected chi connectivity index (χ3v) is 3.52. The van der Waals surface area contributed by atoms with Crippen LogP contribution in [-0.2, 0) is 11.3 Å². The molecule has 1 heterocycles. The number of para-hydroxylation sites is 1. The summed E-state index contributed by atoms with van der Waals surface area (Å²) in [4.78, 5) is 15.8. The number of benzene rings is 2. The summed E-state index contributed by atoms with van der Waals surface area (Å²) in [6.45, 7) is 0.128. The minimum Gasteiger partial charge on any atom is -0.356 e. The minimum atomic E-state index is -0.159. The molecule has 0 aliphatic rings. The highest BCUT2D eigenvalue weighted by atomic mass is 35.5. The number of carbonyl (C=O) groups is 1. The van der Waals surface area contributed by atoms with Crippen LogP contribution in [0.3, 0.4) is 0 Å². The molecular weight excluding hydrogens is 312 g/mol. The molecule has 5 nitrogen and oxygen atoms in total. The number of hydrogen-bond acceptors (Lipinski definition) is 3. The second-order valence-electron chi connectivity index (χ2n) is 4.94. The number of hydrogen-bond donors (Lipinski definition) is 2. The molecule has 0 atom stereocenters. The van der Waals surface area contributed by atoms with Gasteiger partial charge in [-0.3, -0.25) is 4.79 Å². The summed E-state index contributed by atoms with van der Waals surface area (Å²) < 4.78 is 1.57. The van der Waals surface area contributed by atoms with Crippen LogP contribution in [0, 0.1) is 0 Å². The second-order valence-corrected chi connectivity index (χ2v) is 5.28.